The third-order valence-electron chi connectivity index (χ3n) is 5.11. The minimum Gasteiger partial charge on any atom is -0.345 e. The van der Waals surface area contributed by atoms with E-state index in [-0.39, 0.29) is 17.1 Å². The smallest absolute Gasteiger partial charge is 0.292 e. The highest BCUT2D eigenvalue weighted by Crippen LogP contribution is 2.25. The van der Waals surface area contributed by atoms with Crippen LogP contribution in [0.1, 0.15) is 54.0 Å². The first-order valence-electron chi connectivity index (χ1n) is 10.2. The Kier molecular flexibility index (Phi) is 5.56. The van der Waals surface area contributed by atoms with Gasteiger partial charge in [-0.15, -0.1) is 0 Å². The quantitative estimate of drug-likeness (QED) is 0.466. The highest BCUT2D eigenvalue weighted by atomic mass is 16.5. The first kappa shape index (κ1) is 21.4. The molecule has 0 bridgehead atoms. The normalized spacial score (nSPS) is 11.6. The number of carbonyl (C=O) groups is 2. The first-order chi connectivity index (χ1) is 15.3. The summed E-state index contributed by atoms with van der Waals surface area (Å²) in [5, 5.41) is 10.8. The summed E-state index contributed by atoms with van der Waals surface area (Å²) < 4.78 is 6.91. The number of nitrogens with zero attached hydrogens (tertiary/aromatic N) is 5. The highest BCUT2D eigenvalue weighted by Gasteiger charge is 2.24. The maximum atomic E-state index is 12.4. The number of carbonyl (C=O) groups excluding carboxylic acids is 2. The molecule has 3 heterocycles. The molecule has 0 saturated heterocycles. The second-order valence-corrected chi connectivity index (χ2v) is 8.65. The lowest BCUT2D eigenvalue weighted by Gasteiger charge is -2.10. The molecular weight excluding hydrogens is 408 g/mol. The molecule has 4 rings (SSSR count). The molecule has 0 unspecified atom stereocenters. The molecule has 9 heteroatoms. The summed E-state index contributed by atoms with van der Waals surface area (Å²) in [6, 6.07) is 7.84. The van der Waals surface area contributed by atoms with Crippen molar-refractivity contribution in [3.05, 3.63) is 65.2 Å². The first-order valence-corrected chi connectivity index (χ1v) is 10.2. The fourth-order valence-electron chi connectivity index (χ4n) is 3.33. The third kappa shape index (κ3) is 4.27. The van der Waals surface area contributed by atoms with Crippen molar-refractivity contribution in [3.8, 4) is 11.3 Å². The Morgan fingerprint density at radius 3 is 2.75 bits per heavy atom. The lowest BCUT2D eigenvalue weighted by Crippen LogP contribution is -2.24. The molecule has 0 aliphatic rings. The van der Waals surface area contributed by atoms with Gasteiger partial charge in [0.25, 0.3) is 11.7 Å². The lowest BCUT2D eigenvalue weighted by molar-refractivity contribution is -0.107. The molecule has 0 radical (unpaired) electrons. The lowest BCUT2D eigenvalue weighted by atomic mass is 9.97. The molecule has 164 valence electrons. The molecule has 32 heavy (non-hydrogen) atoms. The molecule has 0 aliphatic heterocycles. The molecule has 1 aromatic carbocycles. The Bertz CT molecular complexity index is 1300. The Balaban J connectivity index is 1.52. The van der Waals surface area contributed by atoms with Gasteiger partial charge >= 0.3 is 0 Å². The van der Waals surface area contributed by atoms with Crippen molar-refractivity contribution in [1.29, 1.82) is 0 Å². The molecule has 0 aliphatic carbocycles. The predicted octanol–water partition coefficient (Wildman–Crippen LogP) is 3.06. The van der Waals surface area contributed by atoms with E-state index in [4.69, 9.17) is 4.52 Å². The fourth-order valence-corrected chi connectivity index (χ4v) is 3.33. The third-order valence-corrected chi connectivity index (χ3v) is 5.11. The molecule has 9 nitrogen and oxygen atoms in total. The number of aromatic nitrogens is 5. The summed E-state index contributed by atoms with van der Waals surface area (Å²) in [7, 11) is 0. The number of aldehydes is 1. The largest absolute Gasteiger partial charge is 0.345 e. The molecule has 0 spiro atoms. The van der Waals surface area contributed by atoms with Gasteiger partial charge in [-0.05, 0) is 35.7 Å². The van der Waals surface area contributed by atoms with Crippen LogP contribution in [-0.2, 0) is 23.2 Å². The van der Waals surface area contributed by atoms with Crippen LogP contribution in [0.15, 0.2) is 41.3 Å². The zero-order valence-electron chi connectivity index (χ0n) is 18.4. The van der Waals surface area contributed by atoms with E-state index in [0.717, 1.165) is 39.8 Å². The van der Waals surface area contributed by atoms with Crippen LogP contribution in [0.4, 0.5) is 0 Å². The summed E-state index contributed by atoms with van der Waals surface area (Å²) in [5.74, 6) is 0.0501. The maximum absolute atomic E-state index is 12.4. The van der Waals surface area contributed by atoms with E-state index in [9.17, 15) is 9.59 Å². The average molecular weight is 432 g/mol. The number of amides is 1. The van der Waals surface area contributed by atoms with Crippen LogP contribution >= 0.6 is 0 Å². The molecule has 1 amide bonds. The van der Waals surface area contributed by atoms with Crippen LogP contribution in [0.3, 0.4) is 0 Å². The van der Waals surface area contributed by atoms with Crippen molar-refractivity contribution in [2.45, 2.75) is 46.1 Å². The standard InChI is InChI=1S/C23H24N6O3/c1-14-9-16(19-18-10-15(7-8-30)12-29(18)26-13-25-19)5-6-17(14)11-24-21(31)20-27-22(32-28-20)23(2,3)4/h5-6,8-10,12-13H,7,11H2,1-4H3,(H,24,31). The summed E-state index contributed by atoms with van der Waals surface area (Å²) in [6.45, 7) is 8.13. The minimum atomic E-state index is -0.388. The second-order valence-electron chi connectivity index (χ2n) is 8.65. The molecular formula is C23H24N6O3. The molecule has 1 N–H and O–H groups in total. The van der Waals surface area contributed by atoms with Gasteiger partial charge in [-0.3, -0.25) is 4.79 Å². The van der Waals surface area contributed by atoms with Crippen LogP contribution in [0.5, 0.6) is 0 Å². The summed E-state index contributed by atoms with van der Waals surface area (Å²) in [5.41, 5.74) is 5.06. The number of fused-ring (bicyclic) bond motifs is 1. The topological polar surface area (TPSA) is 115 Å². The molecule has 0 fully saturated rings. The predicted molar refractivity (Wildman–Crippen MR) is 117 cm³/mol. The summed E-state index contributed by atoms with van der Waals surface area (Å²) >= 11 is 0. The van der Waals surface area contributed by atoms with Crippen LogP contribution < -0.4 is 5.32 Å². The van der Waals surface area contributed by atoms with Gasteiger partial charge in [0.15, 0.2) is 0 Å². The van der Waals surface area contributed by atoms with E-state index in [1.165, 1.54) is 6.33 Å². The fraction of sp³-hybridized carbons (Fsp3) is 0.304. The Labute approximate surface area is 184 Å². The molecule has 0 atom stereocenters. The van der Waals surface area contributed by atoms with Crippen molar-refractivity contribution in [3.63, 3.8) is 0 Å². The van der Waals surface area contributed by atoms with Crippen molar-refractivity contribution in [1.82, 2.24) is 30.1 Å². The van der Waals surface area contributed by atoms with Gasteiger partial charge in [0.05, 0.1) is 11.2 Å². The van der Waals surface area contributed by atoms with Crippen LogP contribution in [0, 0.1) is 6.92 Å². The average Bonchev–Trinajstić information content (AvgIpc) is 3.39. The van der Waals surface area contributed by atoms with Crippen LogP contribution in [0.25, 0.3) is 16.8 Å². The Morgan fingerprint density at radius 2 is 2.06 bits per heavy atom. The van der Waals surface area contributed by atoms with Crippen LogP contribution in [-0.4, -0.2) is 36.9 Å². The van der Waals surface area contributed by atoms with E-state index >= 15 is 0 Å². The van der Waals surface area contributed by atoms with Crippen LogP contribution in [0.2, 0.25) is 0 Å². The monoisotopic (exact) mass is 432 g/mol. The van der Waals surface area contributed by atoms with Crippen molar-refractivity contribution in [2.24, 2.45) is 0 Å². The van der Waals surface area contributed by atoms with E-state index in [0.29, 0.717) is 18.9 Å². The number of aryl methyl sites for hydroxylation is 1. The van der Waals surface area contributed by atoms with Gasteiger partial charge in [-0.25, -0.2) is 9.50 Å². The number of hydrogen-bond acceptors (Lipinski definition) is 7. The Hall–Kier alpha value is -3.88. The second kappa shape index (κ2) is 8.33. The summed E-state index contributed by atoms with van der Waals surface area (Å²) in [6.07, 6.45) is 4.52. The number of rotatable bonds is 6. The zero-order chi connectivity index (χ0) is 22.9. The van der Waals surface area contributed by atoms with Gasteiger partial charge in [-0.2, -0.15) is 10.1 Å². The van der Waals surface area contributed by atoms with Gasteiger partial charge < -0.3 is 14.6 Å². The molecule has 3 aromatic heterocycles. The minimum absolute atomic E-state index is 0.0203. The van der Waals surface area contributed by atoms with Crippen molar-refractivity contribution < 1.29 is 14.1 Å². The summed E-state index contributed by atoms with van der Waals surface area (Å²) in [4.78, 5) is 31.9. The van der Waals surface area contributed by atoms with Crippen molar-refractivity contribution >= 4 is 17.7 Å². The van der Waals surface area contributed by atoms with Gasteiger partial charge in [0.2, 0.25) is 5.89 Å². The molecule has 0 saturated carbocycles. The number of hydrogen-bond donors (Lipinski definition) is 1. The van der Waals surface area contributed by atoms with E-state index in [1.807, 2.05) is 58.2 Å². The Morgan fingerprint density at radius 1 is 1.25 bits per heavy atom. The maximum Gasteiger partial charge on any atom is 0.292 e. The number of benzene rings is 1. The SMILES string of the molecule is Cc1cc(-c2ncnn3cc(CC=O)cc23)ccc1CNC(=O)c1noc(C(C)(C)C)n1. The zero-order valence-corrected chi connectivity index (χ0v) is 18.4. The van der Waals surface area contributed by atoms with E-state index in [1.54, 1.807) is 4.52 Å². The van der Waals surface area contributed by atoms with E-state index < -0.39 is 0 Å². The van der Waals surface area contributed by atoms with E-state index in [2.05, 4.69) is 25.5 Å². The molecule has 4 aromatic rings. The van der Waals surface area contributed by atoms with Gasteiger partial charge in [-0.1, -0.05) is 38.1 Å². The van der Waals surface area contributed by atoms with Gasteiger partial charge in [0.1, 0.15) is 12.6 Å². The number of nitrogens with one attached hydrogen (secondary N) is 1. The highest BCUT2D eigenvalue weighted by molar-refractivity contribution is 5.90. The van der Waals surface area contributed by atoms with Crippen molar-refractivity contribution in [2.75, 3.05) is 0 Å². The van der Waals surface area contributed by atoms with Gasteiger partial charge in [0, 0.05) is 30.1 Å².